The third-order valence-electron chi connectivity index (χ3n) is 7.00. The van der Waals surface area contributed by atoms with Gasteiger partial charge in [-0.3, -0.25) is 19.3 Å². The van der Waals surface area contributed by atoms with Crippen LogP contribution in [0.1, 0.15) is 73.5 Å². The highest BCUT2D eigenvalue weighted by atomic mass is 16.3. The predicted octanol–water partition coefficient (Wildman–Crippen LogP) is 3.73. The van der Waals surface area contributed by atoms with Crippen molar-refractivity contribution in [2.24, 2.45) is 11.8 Å². The fourth-order valence-corrected chi connectivity index (χ4v) is 4.79. The van der Waals surface area contributed by atoms with E-state index in [1.165, 1.54) is 0 Å². The molecule has 1 fully saturated rings. The van der Waals surface area contributed by atoms with Crippen LogP contribution in [0.5, 0.6) is 0 Å². The summed E-state index contributed by atoms with van der Waals surface area (Å²) in [6, 6.07) is 2.70. The zero-order valence-corrected chi connectivity index (χ0v) is 23.3. The molecule has 1 aromatic rings. The van der Waals surface area contributed by atoms with E-state index in [1.54, 1.807) is 37.3 Å². The van der Waals surface area contributed by atoms with Crippen LogP contribution in [0.25, 0.3) is 0 Å². The molecule has 0 spiro atoms. The third-order valence-corrected chi connectivity index (χ3v) is 7.00. The highest BCUT2D eigenvalue weighted by molar-refractivity contribution is 5.93. The van der Waals surface area contributed by atoms with Crippen LogP contribution in [0.3, 0.4) is 0 Å². The van der Waals surface area contributed by atoms with E-state index in [0.717, 1.165) is 25.8 Å². The molecule has 1 aliphatic rings. The molecule has 0 saturated carbocycles. The standard InChI is InChI=1S/C28H46N4O4/c1-18(2)24(16-21(7)26(33)29-17-22-12-11-15-36-22)31(8)28(35)25(19(3)4)30-27(34)23-13-9-10-14-32(23)20(5)6/h11-12,15-16,18-20,23-25H,9-10,13-14,17H2,1-8H3,(H,29,33)(H,30,34)/b21-16+/t23-,24?,25?/m1/s1. The van der Waals surface area contributed by atoms with Gasteiger partial charge in [0.15, 0.2) is 0 Å². The summed E-state index contributed by atoms with van der Waals surface area (Å²) in [4.78, 5) is 43.5. The molecule has 36 heavy (non-hydrogen) atoms. The van der Waals surface area contributed by atoms with Crippen LogP contribution < -0.4 is 10.6 Å². The highest BCUT2D eigenvalue weighted by Crippen LogP contribution is 2.21. The Morgan fingerprint density at radius 3 is 2.39 bits per heavy atom. The largest absolute Gasteiger partial charge is 0.467 e. The first-order valence-electron chi connectivity index (χ1n) is 13.3. The van der Waals surface area contributed by atoms with Crippen LogP contribution in [-0.2, 0) is 20.9 Å². The zero-order chi connectivity index (χ0) is 27.0. The first-order valence-corrected chi connectivity index (χ1v) is 13.3. The first-order chi connectivity index (χ1) is 16.9. The summed E-state index contributed by atoms with van der Waals surface area (Å²) in [6.45, 7) is 15.1. The van der Waals surface area contributed by atoms with Crippen LogP contribution in [0.15, 0.2) is 34.5 Å². The molecule has 3 atom stereocenters. The Morgan fingerprint density at radius 1 is 1.14 bits per heavy atom. The lowest BCUT2D eigenvalue weighted by molar-refractivity contribution is -0.140. The number of hydrogen-bond acceptors (Lipinski definition) is 5. The molecular weight excluding hydrogens is 456 g/mol. The fourth-order valence-electron chi connectivity index (χ4n) is 4.79. The van der Waals surface area contributed by atoms with Gasteiger partial charge in [0, 0.05) is 18.7 Å². The number of rotatable bonds is 11. The molecule has 8 nitrogen and oxygen atoms in total. The molecule has 3 amide bonds. The number of furan rings is 1. The monoisotopic (exact) mass is 502 g/mol. The van der Waals surface area contributed by atoms with Crippen LogP contribution in [-0.4, -0.2) is 65.3 Å². The van der Waals surface area contributed by atoms with Gasteiger partial charge >= 0.3 is 0 Å². The number of likely N-dealkylation sites (tertiary alicyclic amines) is 1. The Kier molecular flexibility index (Phi) is 11.2. The van der Waals surface area contributed by atoms with Gasteiger partial charge in [-0.05, 0) is 64.1 Å². The van der Waals surface area contributed by atoms with Gasteiger partial charge in [0.2, 0.25) is 17.7 Å². The maximum Gasteiger partial charge on any atom is 0.247 e. The third kappa shape index (κ3) is 7.95. The Morgan fingerprint density at radius 2 is 1.83 bits per heavy atom. The summed E-state index contributed by atoms with van der Waals surface area (Å²) in [5.41, 5.74) is 0.528. The molecule has 2 N–H and O–H groups in total. The predicted molar refractivity (Wildman–Crippen MR) is 142 cm³/mol. The van der Waals surface area contributed by atoms with Crippen molar-refractivity contribution >= 4 is 17.7 Å². The van der Waals surface area contributed by atoms with E-state index in [2.05, 4.69) is 29.4 Å². The van der Waals surface area contributed by atoms with Gasteiger partial charge in [-0.1, -0.05) is 40.2 Å². The lowest BCUT2D eigenvalue weighted by Gasteiger charge is -2.39. The maximum absolute atomic E-state index is 13.7. The Bertz CT molecular complexity index is 891. The van der Waals surface area contributed by atoms with E-state index in [1.807, 2.05) is 33.8 Å². The molecule has 1 saturated heterocycles. The molecule has 8 heteroatoms. The van der Waals surface area contributed by atoms with Crippen molar-refractivity contribution in [2.45, 2.75) is 98.4 Å². The number of likely N-dealkylation sites (N-methyl/N-ethyl adjacent to an activating group) is 1. The smallest absolute Gasteiger partial charge is 0.247 e. The fraction of sp³-hybridized carbons (Fsp3) is 0.679. The number of carbonyl (C=O) groups is 3. The van der Waals surface area contributed by atoms with Crippen molar-refractivity contribution in [2.75, 3.05) is 13.6 Å². The topological polar surface area (TPSA) is 94.9 Å². The summed E-state index contributed by atoms with van der Waals surface area (Å²) in [6.07, 6.45) is 6.32. The van der Waals surface area contributed by atoms with Gasteiger partial charge in [-0.2, -0.15) is 0 Å². The second-order valence-electron chi connectivity index (χ2n) is 10.9. The molecule has 2 rings (SSSR count). The average Bonchev–Trinajstić information content (AvgIpc) is 3.36. The SMILES string of the molecule is C/C(=C\C(C(C)C)N(C)C(=O)C(NC(=O)[C@H]1CCCCN1C(C)C)C(C)C)C(=O)NCc1ccco1. The molecule has 0 bridgehead atoms. The quantitative estimate of drug-likeness (QED) is 0.450. The van der Waals surface area contributed by atoms with E-state index >= 15 is 0 Å². The summed E-state index contributed by atoms with van der Waals surface area (Å²) >= 11 is 0. The van der Waals surface area contributed by atoms with Crippen LogP contribution in [0.4, 0.5) is 0 Å². The lowest BCUT2D eigenvalue weighted by atomic mass is 9.95. The molecule has 202 valence electrons. The highest BCUT2D eigenvalue weighted by Gasteiger charge is 2.36. The van der Waals surface area contributed by atoms with E-state index < -0.39 is 6.04 Å². The molecule has 0 aromatic carbocycles. The second kappa shape index (κ2) is 13.6. The second-order valence-corrected chi connectivity index (χ2v) is 10.9. The van der Waals surface area contributed by atoms with Gasteiger partial charge in [-0.25, -0.2) is 0 Å². The van der Waals surface area contributed by atoms with Gasteiger partial charge in [0.25, 0.3) is 0 Å². The normalized spacial score (nSPS) is 18.9. The molecule has 0 aliphatic carbocycles. The van der Waals surface area contributed by atoms with Gasteiger partial charge in [0.05, 0.1) is 24.9 Å². The molecule has 2 unspecified atom stereocenters. The summed E-state index contributed by atoms with van der Waals surface area (Å²) in [5.74, 6) is 0.239. The van der Waals surface area contributed by atoms with Crippen molar-refractivity contribution in [3.05, 3.63) is 35.8 Å². The number of piperidine rings is 1. The Labute approximate surface area is 216 Å². The minimum absolute atomic E-state index is 0.0741. The summed E-state index contributed by atoms with van der Waals surface area (Å²) in [5, 5.41) is 5.92. The van der Waals surface area contributed by atoms with Crippen LogP contribution >= 0.6 is 0 Å². The zero-order valence-electron chi connectivity index (χ0n) is 23.3. The van der Waals surface area contributed by atoms with Crippen molar-refractivity contribution in [3.8, 4) is 0 Å². The Balaban J connectivity index is 2.13. The lowest BCUT2D eigenvalue weighted by Crippen LogP contribution is -2.58. The van der Waals surface area contributed by atoms with Crippen molar-refractivity contribution in [1.82, 2.24) is 20.4 Å². The van der Waals surface area contributed by atoms with E-state index in [-0.39, 0.29) is 47.7 Å². The maximum atomic E-state index is 13.7. The first kappa shape index (κ1) is 29.6. The van der Waals surface area contributed by atoms with Crippen molar-refractivity contribution < 1.29 is 18.8 Å². The van der Waals surface area contributed by atoms with Crippen LogP contribution in [0.2, 0.25) is 0 Å². The van der Waals surface area contributed by atoms with Gasteiger partial charge < -0.3 is 20.0 Å². The minimum atomic E-state index is -0.638. The van der Waals surface area contributed by atoms with Crippen molar-refractivity contribution in [1.29, 1.82) is 0 Å². The number of nitrogens with one attached hydrogen (secondary N) is 2. The number of carbonyl (C=O) groups excluding carboxylic acids is 3. The summed E-state index contributed by atoms with van der Waals surface area (Å²) < 4.78 is 5.27. The van der Waals surface area contributed by atoms with Gasteiger partial charge in [0.1, 0.15) is 11.8 Å². The molecule has 1 aromatic heterocycles. The van der Waals surface area contributed by atoms with E-state index in [9.17, 15) is 14.4 Å². The number of nitrogens with zero attached hydrogens (tertiary/aromatic N) is 2. The molecule has 1 aliphatic heterocycles. The van der Waals surface area contributed by atoms with E-state index in [4.69, 9.17) is 4.42 Å². The molecule has 2 heterocycles. The van der Waals surface area contributed by atoms with Crippen molar-refractivity contribution in [3.63, 3.8) is 0 Å². The van der Waals surface area contributed by atoms with Gasteiger partial charge in [-0.15, -0.1) is 0 Å². The Hall–Kier alpha value is -2.61. The molecular formula is C28H46N4O4. The van der Waals surface area contributed by atoms with E-state index in [0.29, 0.717) is 17.9 Å². The minimum Gasteiger partial charge on any atom is -0.467 e. The number of amides is 3. The average molecular weight is 503 g/mol. The van der Waals surface area contributed by atoms with Crippen LogP contribution in [0, 0.1) is 11.8 Å². The number of hydrogen-bond donors (Lipinski definition) is 2. The molecule has 0 radical (unpaired) electrons. The summed E-state index contributed by atoms with van der Waals surface area (Å²) in [7, 11) is 1.75.